The molecule has 3 amide bonds. The summed E-state index contributed by atoms with van der Waals surface area (Å²) < 4.78 is 5.71. The number of benzene rings is 4. The minimum absolute atomic E-state index is 0.108. The van der Waals surface area contributed by atoms with Gasteiger partial charge in [-0.05, 0) is 86.0 Å². The van der Waals surface area contributed by atoms with Crippen LogP contribution in [0.1, 0.15) is 54.6 Å². The molecule has 0 spiro atoms. The number of amides is 3. The van der Waals surface area contributed by atoms with E-state index in [-0.39, 0.29) is 22.8 Å². The second kappa shape index (κ2) is 16.9. The molecule has 0 heterocycles. The zero-order chi connectivity index (χ0) is 32.0. The molecule has 1 atom stereocenters. The number of rotatable bonds is 14. The monoisotopic (exact) mass is 621 g/mol. The smallest absolute Gasteiger partial charge is 0.272 e. The molecule has 1 unspecified atom stereocenters. The van der Waals surface area contributed by atoms with Crippen LogP contribution >= 0.6 is 11.8 Å². The van der Waals surface area contributed by atoms with Crippen molar-refractivity contribution in [3.8, 4) is 5.75 Å². The van der Waals surface area contributed by atoms with Crippen molar-refractivity contribution < 1.29 is 19.1 Å². The first-order valence-corrected chi connectivity index (χ1v) is 16.0. The average molecular weight is 622 g/mol. The highest BCUT2D eigenvalue weighted by Gasteiger charge is 2.19. The van der Waals surface area contributed by atoms with Crippen molar-refractivity contribution in [2.75, 3.05) is 17.2 Å². The molecular formula is C37H39N3O4S. The minimum atomic E-state index is -0.464. The topological polar surface area (TPSA) is 96.5 Å². The first kappa shape index (κ1) is 33.1. The molecule has 0 bridgehead atoms. The summed E-state index contributed by atoms with van der Waals surface area (Å²) in [4.78, 5) is 40.4. The Morgan fingerprint density at radius 3 is 2.24 bits per heavy atom. The number of hydrogen-bond donors (Lipinski definition) is 3. The van der Waals surface area contributed by atoms with Gasteiger partial charge in [-0.1, -0.05) is 74.4 Å². The Balaban J connectivity index is 1.43. The molecule has 0 aliphatic rings. The zero-order valence-corrected chi connectivity index (χ0v) is 26.7. The van der Waals surface area contributed by atoms with Crippen LogP contribution in [0.5, 0.6) is 5.75 Å². The van der Waals surface area contributed by atoms with E-state index in [0.717, 1.165) is 34.6 Å². The summed E-state index contributed by atoms with van der Waals surface area (Å²) in [5.41, 5.74) is 3.66. The van der Waals surface area contributed by atoms with Gasteiger partial charge in [-0.2, -0.15) is 0 Å². The molecule has 4 aromatic carbocycles. The Bertz CT molecular complexity index is 1600. The van der Waals surface area contributed by atoms with Crippen molar-refractivity contribution >= 4 is 46.9 Å². The average Bonchev–Trinajstić information content (AvgIpc) is 3.05. The molecule has 45 heavy (non-hydrogen) atoms. The summed E-state index contributed by atoms with van der Waals surface area (Å²) in [7, 11) is 0. The number of nitrogens with one attached hydrogen (secondary N) is 3. The number of carbonyl (C=O) groups is 3. The van der Waals surface area contributed by atoms with Crippen LogP contribution in [0.2, 0.25) is 0 Å². The van der Waals surface area contributed by atoms with Gasteiger partial charge in [-0.3, -0.25) is 14.4 Å². The van der Waals surface area contributed by atoms with E-state index in [1.54, 1.807) is 36.4 Å². The lowest BCUT2D eigenvalue weighted by Gasteiger charge is -2.16. The highest BCUT2D eigenvalue weighted by Crippen LogP contribution is 2.29. The fourth-order valence-electron chi connectivity index (χ4n) is 4.30. The van der Waals surface area contributed by atoms with Crippen LogP contribution in [-0.2, 0) is 9.59 Å². The molecule has 0 saturated carbocycles. The SMILES string of the molecule is CCCCOc1ccc(NC(=O)C(CC)Sc2cccc(NC(=O)/C(=C/c3ccc(C)cc3)NC(=O)c3ccccc3)c2)cc1. The Hall–Kier alpha value is -4.82. The van der Waals surface area contributed by atoms with Crippen molar-refractivity contribution in [3.63, 3.8) is 0 Å². The Morgan fingerprint density at radius 2 is 1.56 bits per heavy atom. The maximum atomic E-state index is 13.5. The summed E-state index contributed by atoms with van der Waals surface area (Å²) in [6.07, 6.45) is 4.32. The van der Waals surface area contributed by atoms with Gasteiger partial charge in [0.05, 0.1) is 11.9 Å². The number of hydrogen-bond acceptors (Lipinski definition) is 5. The molecule has 7 nitrogen and oxygen atoms in total. The van der Waals surface area contributed by atoms with Crippen molar-refractivity contribution in [3.05, 3.63) is 126 Å². The van der Waals surface area contributed by atoms with Crippen LogP contribution in [0.25, 0.3) is 6.08 Å². The lowest BCUT2D eigenvalue weighted by atomic mass is 10.1. The van der Waals surface area contributed by atoms with Crippen LogP contribution in [-0.4, -0.2) is 29.6 Å². The molecule has 4 aromatic rings. The van der Waals surface area contributed by atoms with E-state index in [1.165, 1.54) is 11.8 Å². The molecule has 0 aromatic heterocycles. The normalized spacial score (nSPS) is 11.8. The lowest BCUT2D eigenvalue weighted by Crippen LogP contribution is -2.30. The molecule has 0 radical (unpaired) electrons. The van der Waals surface area contributed by atoms with Gasteiger partial charge in [-0.25, -0.2) is 0 Å². The van der Waals surface area contributed by atoms with Crippen molar-refractivity contribution in [1.82, 2.24) is 5.32 Å². The van der Waals surface area contributed by atoms with Crippen LogP contribution in [0.3, 0.4) is 0 Å². The highest BCUT2D eigenvalue weighted by atomic mass is 32.2. The molecule has 3 N–H and O–H groups in total. The fourth-order valence-corrected chi connectivity index (χ4v) is 5.31. The number of anilines is 2. The predicted octanol–water partition coefficient (Wildman–Crippen LogP) is 8.09. The predicted molar refractivity (Wildman–Crippen MR) is 184 cm³/mol. The minimum Gasteiger partial charge on any atom is -0.494 e. The van der Waals surface area contributed by atoms with Crippen LogP contribution in [0, 0.1) is 6.92 Å². The molecule has 232 valence electrons. The van der Waals surface area contributed by atoms with Gasteiger partial charge in [0.2, 0.25) is 5.91 Å². The summed E-state index contributed by atoms with van der Waals surface area (Å²) in [5.74, 6) is -0.181. The first-order chi connectivity index (χ1) is 21.8. The summed E-state index contributed by atoms with van der Waals surface area (Å²) in [5, 5.41) is 8.32. The van der Waals surface area contributed by atoms with E-state index in [2.05, 4.69) is 22.9 Å². The van der Waals surface area contributed by atoms with Crippen molar-refractivity contribution in [1.29, 1.82) is 0 Å². The highest BCUT2D eigenvalue weighted by molar-refractivity contribution is 8.00. The van der Waals surface area contributed by atoms with Crippen LogP contribution < -0.4 is 20.7 Å². The Morgan fingerprint density at radius 1 is 0.822 bits per heavy atom. The lowest BCUT2D eigenvalue weighted by molar-refractivity contribution is -0.116. The van der Waals surface area contributed by atoms with Gasteiger partial charge >= 0.3 is 0 Å². The number of carbonyl (C=O) groups excluding carboxylic acids is 3. The van der Waals surface area contributed by atoms with E-state index in [9.17, 15) is 14.4 Å². The summed E-state index contributed by atoms with van der Waals surface area (Å²) >= 11 is 1.42. The van der Waals surface area contributed by atoms with Gasteiger partial charge in [0, 0.05) is 21.8 Å². The summed E-state index contributed by atoms with van der Waals surface area (Å²) in [6.45, 7) is 6.73. The third kappa shape index (κ3) is 10.4. The molecule has 0 aliphatic heterocycles. The van der Waals surface area contributed by atoms with Crippen molar-refractivity contribution in [2.45, 2.75) is 50.2 Å². The maximum Gasteiger partial charge on any atom is 0.272 e. The van der Waals surface area contributed by atoms with Gasteiger partial charge in [0.25, 0.3) is 11.8 Å². The molecule has 0 aliphatic carbocycles. The fraction of sp³-hybridized carbons (Fsp3) is 0.216. The van der Waals surface area contributed by atoms with E-state index < -0.39 is 5.91 Å². The molecule has 0 saturated heterocycles. The number of ether oxygens (including phenoxy) is 1. The number of aryl methyl sites for hydroxylation is 1. The second-order valence-electron chi connectivity index (χ2n) is 10.5. The largest absolute Gasteiger partial charge is 0.494 e. The quantitative estimate of drug-likeness (QED) is 0.0751. The zero-order valence-electron chi connectivity index (χ0n) is 25.8. The standard InChI is InChI=1S/C37H39N3O4S/c1-4-6-23-44-31-21-19-29(20-22-31)38-37(43)34(5-2)45-32-14-10-13-30(25-32)39-36(42)33(24-27-17-15-26(3)16-18-27)40-35(41)28-11-8-7-9-12-28/h7-22,24-25,34H,4-6,23H2,1-3H3,(H,38,43)(H,39,42)(H,40,41)/b33-24-. The second-order valence-corrected chi connectivity index (χ2v) is 11.8. The van der Waals surface area contributed by atoms with E-state index in [0.29, 0.717) is 30.0 Å². The van der Waals surface area contributed by atoms with Gasteiger partial charge in [-0.15, -0.1) is 11.8 Å². The van der Waals surface area contributed by atoms with E-state index in [4.69, 9.17) is 4.74 Å². The maximum absolute atomic E-state index is 13.5. The molecular weight excluding hydrogens is 582 g/mol. The van der Waals surface area contributed by atoms with E-state index >= 15 is 0 Å². The first-order valence-electron chi connectivity index (χ1n) is 15.1. The van der Waals surface area contributed by atoms with E-state index in [1.807, 2.05) is 86.6 Å². The summed E-state index contributed by atoms with van der Waals surface area (Å²) in [6, 6.07) is 31.1. The van der Waals surface area contributed by atoms with Gasteiger partial charge in [0.1, 0.15) is 11.4 Å². The van der Waals surface area contributed by atoms with Crippen LogP contribution in [0.15, 0.2) is 114 Å². The van der Waals surface area contributed by atoms with Crippen LogP contribution in [0.4, 0.5) is 11.4 Å². The molecule has 8 heteroatoms. The van der Waals surface area contributed by atoms with Gasteiger partial charge in [0.15, 0.2) is 0 Å². The Kier molecular flexibility index (Phi) is 12.4. The third-order valence-electron chi connectivity index (χ3n) is 6.84. The number of thioether (sulfide) groups is 1. The van der Waals surface area contributed by atoms with Crippen molar-refractivity contribution in [2.24, 2.45) is 0 Å². The third-order valence-corrected chi connectivity index (χ3v) is 8.20. The molecule has 4 rings (SSSR count). The molecule has 0 fully saturated rings. The Labute approximate surface area is 269 Å². The number of unbranched alkanes of at least 4 members (excludes halogenated alkanes) is 1. The van der Waals surface area contributed by atoms with Gasteiger partial charge < -0.3 is 20.7 Å².